The molecule has 1 heterocycles. The number of hydrogen-bond acceptors (Lipinski definition) is 2. The van der Waals surface area contributed by atoms with Crippen LogP contribution in [-0.2, 0) is 11.2 Å². The van der Waals surface area contributed by atoms with Crippen molar-refractivity contribution >= 4 is 23.2 Å². The number of hydrogen-bond donors (Lipinski definition) is 1. The molecule has 128 valence electrons. The highest BCUT2D eigenvalue weighted by Gasteiger charge is 2.16. The summed E-state index contributed by atoms with van der Waals surface area (Å²) >= 11 is 6.19. The lowest BCUT2D eigenvalue weighted by molar-refractivity contribution is -0.115. The summed E-state index contributed by atoms with van der Waals surface area (Å²) in [5, 5.41) is 8.01. The van der Waals surface area contributed by atoms with Crippen LogP contribution in [0.4, 0.5) is 5.69 Å². The highest BCUT2D eigenvalue weighted by molar-refractivity contribution is 6.33. The zero-order chi connectivity index (χ0) is 18.0. The maximum atomic E-state index is 12.5. The van der Waals surface area contributed by atoms with Crippen LogP contribution < -0.4 is 5.32 Å². The fourth-order valence-electron chi connectivity index (χ4n) is 2.83. The molecule has 1 amide bonds. The molecule has 3 aromatic rings. The van der Waals surface area contributed by atoms with Gasteiger partial charge in [-0.05, 0) is 50.6 Å². The van der Waals surface area contributed by atoms with Crippen molar-refractivity contribution in [3.8, 4) is 5.69 Å². The summed E-state index contributed by atoms with van der Waals surface area (Å²) in [5.41, 5.74) is 5.42. The van der Waals surface area contributed by atoms with E-state index >= 15 is 0 Å². The van der Waals surface area contributed by atoms with Crippen molar-refractivity contribution in [2.75, 3.05) is 5.32 Å². The Morgan fingerprint density at radius 3 is 2.52 bits per heavy atom. The van der Waals surface area contributed by atoms with Gasteiger partial charge in [-0.3, -0.25) is 4.79 Å². The molecule has 3 rings (SSSR count). The van der Waals surface area contributed by atoms with Crippen LogP contribution in [0.3, 0.4) is 0 Å². The van der Waals surface area contributed by atoms with Gasteiger partial charge in [-0.1, -0.05) is 35.9 Å². The van der Waals surface area contributed by atoms with Crippen molar-refractivity contribution in [3.05, 3.63) is 76.1 Å². The minimum absolute atomic E-state index is 0.107. The molecule has 0 saturated heterocycles. The van der Waals surface area contributed by atoms with Crippen molar-refractivity contribution in [1.29, 1.82) is 0 Å². The SMILES string of the molecule is Cc1ccc(NC(=O)Cc2c(C)nn(-c3ccccc3)c2C)c(Cl)c1. The average Bonchev–Trinajstić information content (AvgIpc) is 2.86. The maximum Gasteiger partial charge on any atom is 0.228 e. The molecule has 0 aliphatic rings. The molecule has 1 N–H and O–H groups in total. The fourth-order valence-corrected chi connectivity index (χ4v) is 3.11. The van der Waals surface area contributed by atoms with E-state index in [-0.39, 0.29) is 12.3 Å². The smallest absolute Gasteiger partial charge is 0.228 e. The molecule has 0 unspecified atom stereocenters. The highest BCUT2D eigenvalue weighted by Crippen LogP contribution is 2.24. The third kappa shape index (κ3) is 3.74. The topological polar surface area (TPSA) is 46.9 Å². The molecule has 0 aliphatic carbocycles. The second-order valence-corrected chi connectivity index (χ2v) is 6.51. The number of halogens is 1. The number of para-hydroxylation sites is 1. The van der Waals surface area contributed by atoms with Crippen molar-refractivity contribution < 1.29 is 4.79 Å². The molecule has 0 aliphatic heterocycles. The molecule has 0 radical (unpaired) electrons. The molecule has 4 nitrogen and oxygen atoms in total. The number of aromatic nitrogens is 2. The van der Waals surface area contributed by atoms with Crippen LogP contribution in [0, 0.1) is 20.8 Å². The number of aryl methyl sites for hydroxylation is 2. The zero-order valence-electron chi connectivity index (χ0n) is 14.5. The van der Waals surface area contributed by atoms with Crippen LogP contribution in [0.15, 0.2) is 48.5 Å². The van der Waals surface area contributed by atoms with Crippen LogP contribution in [0.2, 0.25) is 5.02 Å². The first kappa shape index (κ1) is 17.2. The van der Waals surface area contributed by atoms with E-state index in [0.717, 1.165) is 28.2 Å². The summed E-state index contributed by atoms with van der Waals surface area (Å²) in [4.78, 5) is 12.5. The van der Waals surface area contributed by atoms with Gasteiger partial charge in [0.15, 0.2) is 0 Å². The molecular weight excluding hydrogens is 334 g/mol. The molecule has 1 aromatic heterocycles. The average molecular weight is 354 g/mol. The Hall–Kier alpha value is -2.59. The number of nitrogens with zero attached hydrogens (tertiary/aromatic N) is 2. The van der Waals surface area contributed by atoms with E-state index in [1.165, 1.54) is 0 Å². The van der Waals surface area contributed by atoms with Crippen LogP contribution in [0.25, 0.3) is 5.69 Å². The van der Waals surface area contributed by atoms with E-state index in [2.05, 4.69) is 10.4 Å². The van der Waals surface area contributed by atoms with Crippen molar-refractivity contribution in [3.63, 3.8) is 0 Å². The Morgan fingerprint density at radius 2 is 1.84 bits per heavy atom. The summed E-state index contributed by atoms with van der Waals surface area (Å²) < 4.78 is 1.87. The lowest BCUT2D eigenvalue weighted by atomic mass is 10.1. The molecule has 5 heteroatoms. The quantitative estimate of drug-likeness (QED) is 0.743. The monoisotopic (exact) mass is 353 g/mol. The number of anilines is 1. The van der Waals surface area contributed by atoms with Gasteiger partial charge in [-0.25, -0.2) is 4.68 Å². The minimum Gasteiger partial charge on any atom is -0.324 e. The standard InChI is InChI=1S/C20H20ClN3O/c1-13-9-10-19(18(21)11-13)22-20(25)12-17-14(2)23-24(15(17)3)16-7-5-4-6-8-16/h4-11H,12H2,1-3H3,(H,22,25). The number of nitrogens with one attached hydrogen (secondary N) is 1. The first-order valence-electron chi connectivity index (χ1n) is 8.12. The van der Waals surface area contributed by atoms with E-state index in [0.29, 0.717) is 10.7 Å². The Kier molecular flexibility index (Phi) is 4.91. The normalized spacial score (nSPS) is 10.7. The first-order chi connectivity index (χ1) is 12.0. The molecule has 25 heavy (non-hydrogen) atoms. The lowest BCUT2D eigenvalue weighted by Crippen LogP contribution is -2.15. The number of benzene rings is 2. The lowest BCUT2D eigenvalue weighted by Gasteiger charge is -2.09. The molecule has 0 spiro atoms. The summed E-state index contributed by atoms with van der Waals surface area (Å²) in [5.74, 6) is -0.107. The number of rotatable bonds is 4. The van der Waals surface area contributed by atoms with Crippen LogP contribution in [-0.4, -0.2) is 15.7 Å². The Bertz CT molecular complexity index is 916. The van der Waals surface area contributed by atoms with Gasteiger partial charge >= 0.3 is 0 Å². The zero-order valence-corrected chi connectivity index (χ0v) is 15.3. The number of carbonyl (C=O) groups is 1. The van der Waals surface area contributed by atoms with Gasteiger partial charge in [0.25, 0.3) is 0 Å². The molecule has 0 fully saturated rings. The van der Waals surface area contributed by atoms with Crippen molar-refractivity contribution in [1.82, 2.24) is 9.78 Å². The summed E-state index contributed by atoms with van der Waals surface area (Å²) in [6.07, 6.45) is 0.259. The number of carbonyl (C=O) groups excluding carboxylic acids is 1. The largest absolute Gasteiger partial charge is 0.324 e. The van der Waals surface area contributed by atoms with Gasteiger partial charge in [0.2, 0.25) is 5.91 Å². The number of amides is 1. The van der Waals surface area contributed by atoms with Gasteiger partial charge in [-0.2, -0.15) is 5.10 Å². The highest BCUT2D eigenvalue weighted by atomic mass is 35.5. The van der Waals surface area contributed by atoms with Gasteiger partial charge in [0.05, 0.1) is 28.5 Å². The minimum atomic E-state index is -0.107. The second kappa shape index (κ2) is 7.11. The summed E-state index contributed by atoms with van der Waals surface area (Å²) in [7, 11) is 0. The van der Waals surface area contributed by atoms with E-state index < -0.39 is 0 Å². The third-order valence-corrected chi connectivity index (χ3v) is 4.49. The van der Waals surface area contributed by atoms with Crippen molar-refractivity contribution in [2.45, 2.75) is 27.2 Å². The summed E-state index contributed by atoms with van der Waals surface area (Å²) in [6, 6.07) is 15.5. The van der Waals surface area contributed by atoms with Crippen LogP contribution in [0.1, 0.15) is 22.5 Å². The molecule has 0 saturated carbocycles. The molecule has 0 bridgehead atoms. The van der Waals surface area contributed by atoms with Gasteiger partial charge in [0.1, 0.15) is 0 Å². The maximum absolute atomic E-state index is 12.5. The van der Waals surface area contributed by atoms with Gasteiger partial charge in [-0.15, -0.1) is 0 Å². The third-order valence-electron chi connectivity index (χ3n) is 4.18. The predicted octanol–water partition coefficient (Wildman–Crippen LogP) is 4.63. The molecular formula is C20H20ClN3O. The summed E-state index contributed by atoms with van der Waals surface area (Å²) in [6.45, 7) is 5.87. The van der Waals surface area contributed by atoms with Crippen molar-refractivity contribution in [2.24, 2.45) is 0 Å². The van der Waals surface area contributed by atoms with E-state index in [1.54, 1.807) is 0 Å². The van der Waals surface area contributed by atoms with Gasteiger partial charge in [0, 0.05) is 11.3 Å². The second-order valence-electron chi connectivity index (χ2n) is 6.10. The van der Waals surface area contributed by atoms with E-state index in [9.17, 15) is 4.79 Å². The fraction of sp³-hybridized carbons (Fsp3) is 0.200. The Balaban J connectivity index is 1.81. The van der Waals surface area contributed by atoms with Gasteiger partial charge < -0.3 is 5.32 Å². The van der Waals surface area contributed by atoms with E-state index in [4.69, 9.17) is 11.6 Å². The molecule has 0 atom stereocenters. The Morgan fingerprint density at radius 1 is 1.12 bits per heavy atom. The predicted molar refractivity (Wildman–Crippen MR) is 102 cm³/mol. The van der Waals surface area contributed by atoms with E-state index in [1.807, 2.05) is 74.0 Å². The van der Waals surface area contributed by atoms with Crippen LogP contribution in [0.5, 0.6) is 0 Å². The first-order valence-corrected chi connectivity index (χ1v) is 8.50. The van der Waals surface area contributed by atoms with Crippen LogP contribution >= 0.6 is 11.6 Å². The molecule has 2 aromatic carbocycles. The Labute approximate surface area is 152 Å².